The molecule has 0 spiro atoms. The zero-order chi connectivity index (χ0) is 14.1. The summed E-state index contributed by atoms with van der Waals surface area (Å²) in [6.07, 6.45) is 3.19. The molecule has 2 N–H and O–H groups in total. The number of aryl methyl sites for hydroxylation is 1. The van der Waals surface area contributed by atoms with E-state index < -0.39 is 5.91 Å². The third-order valence-electron chi connectivity index (χ3n) is 2.99. The molecule has 0 aliphatic heterocycles. The summed E-state index contributed by atoms with van der Waals surface area (Å²) < 4.78 is 5.31. The Morgan fingerprint density at radius 3 is 2.65 bits per heavy atom. The van der Waals surface area contributed by atoms with Crippen LogP contribution in [0.1, 0.15) is 15.9 Å². The second-order valence-corrected chi connectivity index (χ2v) is 5.45. The predicted octanol–water partition coefficient (Wildman–Crippen LogP) is 3.48. The summed E-state index contributed by atoms with van der Waals surface area (Å²) in [5.41, 5.74) is 7.95. The molecule has 2 aromatic heterocycles. The molecule has 0 aliphatic rings. The summed E-state index contributed by atoms with van der Waals surface area (Å²) in [5.74, 6) is 0.207. The number of hydrogen-bond acceptors (Lipinski definition) is 4. The van der Waals surface area contributed by atoms with Gasteiger partial charge in [0.05, 0.1) is 11.1 Å². The Morgan fingerprint density at radius 1 is 1.30 bits per heavy atom. The predicted molar refractivity (Wildman–Crippen MR) is 78.5 cm³/mol. The van der Waals surface area contributed by atoms with E-state index >= 15 is 0 Å². The molecule has 4 nitrogen and oxygen atoms in total. The van der Waals surface area contributed by atoms with Crippen molar-refractivity contribution in [3.05, 3.63) is 53.9 Å². The Kier molecular flexibility index (Phi) is 3.12. The number of primary amides is 1. The van der Waals surface area contributed by atoms with E-state index in [4.69, 9.17) is 10.2 Å². The number of oxazole rings is 1. The molecule has 3 aromatic rings. The summed E-state index contributed by atoms with van der Waals surface area (Å²) in [7, 11) is 0. The Balaban J connectivity index is 2.00. The van der Waals surface area contributed by atoms with Gasteiger partial charge >= 0.3 is 0 Å². The van der Waals surface area contributed by atoms with Crippen molar-refractivity contribution < 1.29 is 9.21 Å². The molecule has 1 aromatic carbocycles. The van der Waals surface area contributed by atoms with E-state index in [1.807, 2.05) is 25.1 Å². The molecular formula is C15H12N2O2S. The van der Waals surface area contributed by atoms with Gasteiger partial charge in [-0.15, -0.1) is 11.3 Å². The average molecular weight is 284 g/mol. The fourth-order valence-corrected chi connectivity index (χ4v) is 3.12. The van der Waals surface area contributed by atoms with Crippen molar-refractivity contribution >= 4 is 17.2 Å². The highest BCUT2D eigenvalue weighted by molar-refractivity contribution is 7.19. The van der Waals surface area contributed by atoms with Crippen LogP contribution >= 0.6 is 11.3 Å². The van der Waals surface area contributed by atoms with E-state index in [0.717, 1.165) is 20.9 Å². The molecule has 0 bridgehead atoms. The van der Waals surface area contributed by atoms with Gasteiger partial charge in [-0.1, -0.05) is 12.1 Å². The van der Waals surface area contributed by atoms with Crippen LogP contribution in [0.5, 0.6) is 0 Å². The van der Waals surface area contributed by atoms with Gasteiger partial charge in [0.1, 0.15) is 6.26 Å². The van der Waals surface area contributed by atoms with E-state index in [9.17, 15) is 4.79 Å². The number of amides is 1. The lowest BCUT2D eigenvalue weighted by Crippen LogP contribution is -2.10. The van der Waals surface area contributed by atoms with Crippen LogP contribution in [0, 0.1) is 6.92 Å². The maximum atomic E-state index is 11.1. The van der Waals surface area contributed by atoms with Gasteiger partial charge < -0.3 is 10.2 Å². The number of nitrogens with zero attached hydrogens (tertiary/aromatic N) is 1. The number of carbonyl (C=O) groups excluding carboxylic acids is 1. The van der Waals surface area contributed by atoms with Gasteiger partial charge in [0.25, 0.3) is 0 Å². The maximum absolute atomic E-state index is 11.1. The Hall–Kier alpha value is -2.40. The Morgan fingerprint density at radius 2 is 2.05 bits per heavy atom. The van der Waals surface area contributed by atoms with E-state index in [1.54, 1.807) is 35.9 Å². The lowest BCUT2D eigenvalue weighted by molar-refractivity contribution is 0.100. The molecule has 0 saturated heterocycles. The molecule has 0 atom stereocenters. The van der Waals surface area contributed by atoms with Gasteiger partial charge in [-0.3, -0.25) is 4.79 Å². The number of thiophene rings is 1. The minimum Gasteiger partial charge on any atom is -0.444 e. The van der Waals surface area contributed by atoms with Gasteiger partial charge in [0.2, 0.25) is 11.8 Å². The van der Waals surface area contributed by atoms with E-state index in [-0.39, 0.29) is 0 Å². The van der Waals surface area contributed by atoms with Crippen molar-refractivity contribution in [1.29, 1.82) is 0 Å². The SMILES string of the molecule is Cc1cc(-c2ncco2)sc1-c1ccc(C(N)=O)cc1. The molecule has 5 heteroatoms. The number of nitrogens with two attached hydrogens (primary N) is 1. The van der Waals surface area contributed by atoms with Crippen LogP contribution in [0.4, 0.5) is 0 Å². The number of rotatable bonds is 3. The van der Waals surface area contributed by atoms with Gasteiger partial charge in [0, 0.05) is 10.4 Å². The molecule has 3 rings (SSSR count). The van der Waals surface area contributed by atoms with Crippen LogP contribution in [0.15, 0.2) is 47.2 Å². The van der Waals surface area contributed by atoms with E-state index in [1.165, 1.54) is 0 Å². The molecule has 1 amide bonds. The van der Waals surface area contributed by atoms with E-state index in [0.29, 0.717) is 11.5 Å². The van der Waals surface area contributed by atoms with Crippen LogP contribution in [-0.4, -0.2) is 10.9 Å². The fourth-order valence-electron chi connectivity index (χ4n) is 2.01. The first-order chi connectivity index (χ1) is 9.65. The van der Waals surface area contributed by atoms with Crippen LogP contribution in [0.25, 0.3) is 21.2 Å². The van der Waals surface area contributed by atoms with Gasteiger partial charge in [-0.05, 0) is 36.2 Å². The first-order valence-corrected chi connectivity index (χ1v) is 6.87. The van der Waals surface area contributed by atoms with Gasteiger partial charge in [-0.25, -0.2) is 4.98 Å². The first kappa shape index (κ1) is 12.6. The van der Waals surface area contributed by atoms with Gasteiger partial charge in [0.15, 0.2) is 0 Å². The largest absolute Gasteiger partial charge is 0.444 e. The number of aromatic nitrogens is 1. The van der Waals surface area contributed by atoms with Crippen LogP contribution in [-0.2, 0) is 0 Å². The van der Waals surface area contributed by atoms with E-state index in [2.05, 4.69) is 4.98 Å². The second-order valence-electron chi connectivity index (χ2n) is 4.40. The molecule has 0 unspecified atom stereocenters. The summed E-state index contributed by atoms with van der Waals surface area (Å²) in [6.45, 7) is 2.04. The summed E-state index contributed by atoms with van der Waals surface area (Å²) in [5, 5.41) is 0. The molecule has 20 heavy (non-hydrogen) atoms. The molecule has 0 fully saturated rings. The standard InChI is InChI=1S/C15H12N2O2S/c1-9-8-12(15-17-6-7-19-15)20-13(9)10-2-4-11(5-3-10)14(16)18/h2-8H,1H3,(H2,16,18). The molecule has 2 heterocycles. The highest BCUT2D eigenvalue weighted by Gasteiger charge is 2.12. The minimum atomic E-state index is -0.417. The second kappa shape index (κ2) is 4.94. The van der Waals surface area contributed by atoms with Gasteiger partial charge in [-0.2, -0.15) is 0 Å². The molecular weight excluding hydrogens is 272 g/mol. The summed E-state index contributed by atoms with van der Waals surface area (Å²) in [6, 6.07) is 9.33. The Bertz CT molecular complexity index is 743. The topological polar surface area (TPSA) is 69.1 Å². The van der Waals surface area contributed by atoms with Crippen molar-refractivity contribution in [2.45, 2.75) is 6.92 Å². The molecule has 100 valence electrons. The van der Waals surface area contributed by atoms with Crippen molar-refractivity contribution in [3.63, 3.8) is 0 Å². The third kappa shape index (κ3) is 2.23. The number of hydrogen-bond donors (Lipinski definition) is 1. The van der Waals surface area contributed by atoms with Crippen molar-refractivity contribution in [3.8, 4) is 21.2 Å². The zero-order valence-electron chi connectivity index (χ0n) is 10.8. The highest BCUT2D eigenvalue weighted by atomic mass is 32.1. The average Bonchev–Trinajstić information content (AvgIpc) is 3.08. The fraction of sp³-hybridized carbons (Fsp3) is 0.0667. The molecule has 0 radical (unpaired) electrons. The lowest BCUT2D eigenvalue weighted by atomic mass is 10.1. The van der Waals surface area contributed by atoms with Crippen molar-refractivity contribution in [2.75, 3.05) is 0 Å². The first-order valence-electron chi connectivity index (χ1n) is 6.05. The highest BCUT2D eigenvalue weighted by Crippen LogP contribution is 2.37. The zero-order valence-corrected chi connectivity index (χ0v) is 11.6. The quantitative estimate of drug-likeness (QED) is 0.800. The lowest BCUT2D eigenvalue weighted by Gasteiger charge is -2.01. The number of benzene rings is 1. The number of carbonyl (C=O) groups is 1. The maximum Gasteiger partial charge on any atom is 0.248 e. The summed E-state index contributed by atoms with van der Waals surface area (Å²) >= 11 is 1.61. The smallest absolute Gasteiger partial charge is 0.248 e. The third-order valence-corrected chi connectivity index (χ3v) is 4.27. The molecule has 0 aliphatic carbocycles. The molecule has 0 saturated carbocycles. The summed E-state index contributed by atoms with van der Waals surface area (Å²) in [4.78, 5) is 17.4. The monoisotopic (exact) mass is 284 g/mol. The minimum absolute atomic E-state index is 0.417. The van der Waals surface area contributed by atoms with Crippen LogP contribution < -0.4 is 5.73 Å². The van der Waals surface area contributed by atoms with Crippen molar-refractivity contribution in [1.82, 2.24) is 4.98 Å². The normalized spacial score (nSPS) is 10.7. The van der Waals surface area contributed by atoms with Crippen LogP contribution in [0.3, 0.4) is 0 Å². The Labute approximate surface area is 119 Å². The van der Waals surface area contributed by atoms with Crippen LogP contribution in [0.2, 0.25) is 0 Å². The van der Waals surface area contributed by atoms with Crippen molar-refractivity contribution in [2.24, 2.45) is 5.73 Å².